The zero-order valence-electron chi connectivity index (χ0n) is 11.1. The van der Waals surface area contributed by atoms with Crippen molar-refractivity contribution in [1.82, 2.24) is 5.16 Å². The van der Waals surface area contributed by atoms with Gasteiger partial charge in [0.05, 0.1) is 0 Å². The Bertz CT molecular complexity index is 580. The number of anilines is 1. The average molecular weight is 246 g/mol. The van der Waals surface area contributed by atoms with E-state index in [0.717, 1.165) is 16.7 Å². The first kappa shape index (κ1) is 12.5. The van der Waals surface area contributed by atoms with Crippen molar-refractivity contribution in [2.75, 3.05) is 5.73 Å². The molecule has 1 aromatic carbocycles. The van der Waals surface area contributed by atoms with Crippen molar-refractivity contribution in [2.45, 2.75) is 33.1 Å². The lowest BCUT2D eigenvalue weighted by Crippen LogP contribution is -2.12. The van der Waals surface area contributed by atoms with E-state index in [2.05, 4.69) is 25.9 Å². The van der Waals surface area contributed by atoms with Gasteiger partial charge in [-0.05, 0) is 30.0 Å². The normalized spacial score (nSPS) is 11.8. The molecule has 0 aliphatic carbocycles. The fraction of sp³-hybridized carbons (Fsp3) is 0.357. The van der Waals surface area contributed by atoms with Gasteiger partial charge in [-0.1, -0.05) is 25.9 Å². The minimum Gasteiger partial charge on any atom is -0.507 e. The van der Waals surface area contributed by atoms with Crippen LogP contribution >= 0.6 is 0 Å². The van der Waals surface area contributed by atoms with Crippen LogP contribution in [-0.4, -0.2) is 10.3 Å². The Morgan fingerprint density at radius 3 is 2.39 bits per heavy atom. The highest BCUT2D eigenvalue weighted by atomic mass is 16.5. The molecule has 0 aliphatic rings. The highest BCUT2D eigenvalue weighted by Gasteiger charge is 2.21. The molecule has 18 heavy (non-hydrogen) atoms. The maximum atomic E-state index is 10.1. The summed E-state index contributed by atoms with van der Waals surface area (Å²) in [5.74, 6) is 0.621. The minimum absolute atomic E-state index is 0.139. The van der Waals surface area contributed by atoms with Gasteiger partial charge in [0.25, 0.3) is 0 Å². The van der Waals surface area contributed by atoms with Crippen LogP contribution in [0, 0.1) is 6.92 Å². The zero-order chi connectivity index (χ0) is 13.5. The Hall–Kier alpha value is -1.97. The molecule has 96 valence electrons. The van der Waals surface area contributed by atoms with Crippen LogP contribution in [0.1, 0.15) is 31.9 Å². The molecule has 0 saturated heterocycles. The lowest BCUT2D eigenvalue weighted by molar-refractivity contribution is 0.438. The summed E-state index contributed by atoms with van der Waals surface area (Å²) in [6.45, 7) is 8.05. The molecule has 3 N–H and O–H groups in total. The number of aromatic hydroxyl groups is 1. The molecule has 2 aromatic rings. The van der Waals surface area contributed by atoms with Crippen LogP contribution < -0.4 is 5.73 Å². The van der Waals surface area contributed by atoms with Gasteiger partial charge in [0.2, 0.25) is 5.88 Å². The van der Waals surface area contributed by atoms with Crippen molar-refractivity contribution in [2.24, 2.45) is 0 Å². The van der Waals surface area contributed by atoms with E-state index in [1.807, 2.05) is 19.1 Å². The molecule has 2 rings (SSSR count). The van der Waals surface area contributed by atoms with Crippen molar-refractivity contribution < 1.29 is 9.63 Å². The number of nitrogen functional groups attached to an aromatic ring is 1. The zero-order valence-corrected chi connectivity index (χ0v) is 11.1. The summed E-state index contributed by atoms with van der Waals surface area (Å²) < 4.78 is 4.88. The summed E-state index contributed by atoms with van der Waals surface area (Å²) in [5.41, 5.74) is 8.68. The second-order valence-corrected chi connectivity index (χ2v) is 5.55. The molecule has 1 heterocycles. The van der Waals surface area contributed by atoms with Crippen LogP contribution in [0.25, 0.3) is 11.3 Å². The van der Waals surface area contributed by atoms with E-state index in [1.54, 1.807) is 6.07 Å². The number of nitrogens with zero attached hydrogens (tertiary/aromatic N) is 1. The number of benzene rings is 1. The third-order valence-corrected chi connectivity index (χ3v) is 2.93. The minimum atomic E-state index is -0.139. The molecule has 0 atom stereocenters. The van der Waals surface area contributed by atoms with Gasteiger partial charge in [-0.2, -0.15) is 0 Å². The summed E-state index contributed by atoms with van der Waals surface area (Å²) in [6, 6.07) is 5.49. The van der Waals surface area contributed by atoms with Crippen LogP contribution in [0.5, 0.6) is 5.75 Å². The predicted octanol–water partition coefficient (Wildman–Crippen LogP) is 3.24. The standard InChI is InChI=1S/C14H18N2O2/c1-8-5-9(11-7-12(15)18-16-11)6-10(13(8)17)14(2,3)4/h5-7,17H,15H2,1-4H3. The second kappa shape index (κ2) is 4.05. The van der Waals surface area contributed by atoms with Crippen LogP contribution in [0.4, 0.5) is 5.88 Å². The molecule has 1 aromatic heterocycles. The second-order valence-electron chi connectivity index (χ2n) is 5.55. The smallest absolute Gasteiger partial charge is 0.222 e. The number of hydrogen-bond acceptors (Lipinski definition) is 4. The highest BCUT2D eigenvalue weighted by molar-refractivity contribution is 5.66. The average Bonchev–Trinajstić information content (AvgIpc) is 2.67. The first-order valence-electron chi connectivity index (χ1n) is 5.85. The van der Waals surface area contributed by atoms with E-state index in [9.17, 15) is 5.11 Å². The molecule has 4 nitrogen and oxygen atoms in total. The van der Waals surface area contributed by atoms with Crippen LogP contribution in [0.2, 0.25) is 0 Å². The van der Waals surface area contributed by atoms with Gasteiger partial charge < -0.3 is 15.4 Å². The monoisotopic (exact) mass is 246 g/mol. The van der Waals surface area contributed by atoms with Crippen LogP contribution in [0.15, 0.2) is 22.7 Å². The van der Waals surface area contributed by atoms with Crippen LogP contribution in [-0.2, 0) is 5.41 Å². The van der Waals surface area contributed by atoms with Gasteiger partial charge >= 0.3 is 0 Å². The lowest BCUT2D eigenvalue weighted by atomic mass is 9.84. The topological polar surface area (TPSA) is 72.3 Å². The van der Waals surface area contributed by atoms with Crippen molar-refractivity contribution in [3.05, 3.63) is 29.3 Å². The Kier molecular flexibility index (Phi) is 2.81. The van der Waals surface area contributed by atoms with E-state index >= 15 is 0 Å². The number of phenols is 1. The quantitative estimate of drug-likeness (QED) is 0.810. The largest absolute Gasteiger partial charge is 0.507 e. The molecule has 0 spiro atoms. The Balaban J connectivity index is 2.61. The molecule has 0 bridgehead atoms. The van der Waals surface area contributed by atoms with E-state index < -0.39 is 0 Å². The van der Waals surface area contributed by atoms with Gasteiger partial charge in [0.15, 0.2) is 0 Å². The summed E-state index contributed by atoms with van der Waals surface area (Å²) in [4.78, 5) is 0. The molecule has 0 amide bonds. The summed E-state index contributed by atoms with van der Waals surface area (Å²) in [6.07, 6.45) is 0. The molecule has 0 radical (unpaired) electrons. The molecule has 4 heteroatoms. The van der Waals surface area contributed by atoms with Crippen molar-refractivity contribution >= 4 is 5.88 Å². The van der Waals surface area contributed by atoms with Gasteiger partial charge in [-0.25, -0.2) is 0 Å². The van der Waals surface area contributed by atoms with Crippen LogP contribution in [0.3, 0.4) is 0 Å². The van der Waals surface area contributed by atoms with E-state index in [0.29, 0.717) is 11.4 Å². The third-order valence-electron chi connectivity index (χ3n) is 2.93. The first-order valence-corrected chi connectivity index (χ1v) is 5.85. The summed E-state index contributed by atoms with van der Waals surface area (Å²) in [5, 5.41) is 14.0. The number of hydrogen-bond donors (Lipinski definition) is 2. The molecular formula is C14H18N2O2. The maximum absolute atomic E-state index is 10.1. The molecule has 0 saturated carbocycles. The Morgan fingerprint density at radius 1 is 1.22 bits per heavy atom. The number of rotatable bonds is 1. The third kappa shape index (κ3) is 2.18. The van der Waals surface area contributed by atoms with E-state index in [-0.39, 0.29) is 11.3 Å². The molecule has 0 fully saturated rings. The molecular weight excluding hydrogens is 228 g/mol. The van der Waals surface area contributed by atoms with Crippen molar-refractivity contribution in [1.29, 1.82) is 0 Å². The number of aryl methyl sites for hydroxylation is 1. The number of aromatic nitrogens is 1. The molecule has 0 aliphatic heterocycles. The van der Waals surface area contributed by atoms with Gasteiger partial charge in [-0.15, -0.1) is 0 Å². The predicted molar refractivity (Wildman–Crippen MR) is 71.5 cm³/mol. The fourth-order valence-electron chi connectivity index (χ4n) is 1.92. The Labute approximate surface area is 106 Å². The van der Waals surface area contributed by atoms with E-state index in [1.165, 1.54) is 0 Å². The van der Waals surface area contributed by atoms with Crippen molar-refractivity contribution in [3.8, 4) is 17.0 Å². The summed E-state index contributed by atoms with van der Waals surface area (Å²) >= 11 is 0. The number of nitrogens with two attached hydrogens (primary N) is 1. The summed E-state index contributed by atoms with van der Waals surface area (Å²) in [7, 11) is 0. The maximum Gasteiger partial charge on any atom is 0.222 e. The lowest BCUT2D eigenvalue weighted by Gasteiger charge is -2.22. The van der Waals surface area contributed by atoms with E-state index in [4.69, 9.17) is 10.3 Å². The molecule has 0 unspecified atom stereocenters. The fourth-order valence-corrected chi connectivity index (χ4v) is 1.92. The van der Waals surface area contributed by atoms with Crippen molar-refractivity contribution in [3.63, 3.8) is 0 Å². The number of phenolic OH excluding ortho intramolecular Hbond substituents is 1. The first-order chi connectivity index (χ1) is 8.29. The van der Waals surface area contributed by atoms with Gasteiger partial charge in [0, 0.05) is 17.2 Å². The van der Waals surface area contributed by atoms with Gasteiger partial charge in [0.1, 0.15) is 11.4 Å². The van der Waals surface area contributed by atoms with Gasteiger partial charge in [-0.3, -0.25) is 0 Å². The SMILES string of the molecule is Cc1cc(-c2cc(N)on2)cc(C(C)(C)C)c1O. The Morgan fingerprint density at radius 2 is 1.89 bits per heavy atom. The highest BCUT2D eigenvalue weighted by Crippen LogP contribution is 2.36.